The quantitative estimate of drug-likeness (QED) is 0.805. The van der Waals surface area contributed by atoms with E-state index >= 15 is 0 Å². The van der Waals surface area contributed by atoms with Gasteiger partial charge in [0.2, 0.25) is 5.13 Å². The molecule has 0 bridgehead atoms. The number of anilines is 1. The number of hydrogen-bond acceptors (Lipinski definition) is 4. The van der Waals surface area contributed by atoms with E-state index in [4.69, 9.17) is 0 Å². The Morgan fingerprint density at radius 2 is 1.81 bits per heavy atom. The summed E-state index contributed by atoms with van der Waals surface area (Å²) in [5.74, 6) is 0.114. The molecule has 2 heterocycles. The molecule has 2 aromatic rings. The average molecular weight is 309 g/mol. The van der Waals surface area contributed by atoms with E-state index in [1.165, 1.54) is 23.7 Å². The van der Waals surface area contributed by atoms with Gasteiger partial charge < -0.3 is 4.90 Å². The molecule has 1 aliphatic rings. The van der Waals surface area contributed by atoms with E-state index in [2.05, 4.69) is 30.1 Å². The molecular weight excluding hydrogens is 292 g/mol. The molecule has 0 aliphatic carbocycles. The topological polar surface area (TPSA) is 29.0 Å². The second kappa shape index (κ2) is 5.02. The second-order valence-corrected chi connectivity index (χ2v) is 7.04. The van der Waals surface area contributed by atoms with Gasteiger partial charge in [-0.1, -0.05) is 20.8 Å². The molecule has 0 saturated carbocycles. The number of fused-ring (bicyclic) bond motifs is 1. The van der Waals surface area contributed by atoms with Gasteiger partial charge in [-0.15, -0.1) is 0 Å². The van der Waals surface area contributed by atoms with Gasteiger partial charge in [0, 0.05) is 35.6 Å². The molecule has 0 saturated heterocycles. The molecule has 0 spiro atoms. The van der Waals surface area contributed by atoms with Gasteiger partial charge in [-0.05, 0) is 24.1 Å². The Balaban J connectivity index is 1.90. The van der Waals surface area contributed by atoms with Crippen LogP contribution in [-0.4, -0.2) is 15.9 Å². The van der Waals surface area contributed by atoms with Crippen LogP contribution in [0.1, 0.15) is 37.7 Å². The first-order valence-electron chi connectivity index (χ1n) is 6.91. The highest BCUT2D eigenvalue weighted by Crippen LogP contribution is 2.30. The molecular formula is C15H17F2N3S. The number of hydrogen-bond donors (Lipinski definition) is 0. The van der Waals surface area contributed by atoms with E-state index in [9.17, 15) is 8.78 Å². The zero-order chi connectivity index (χ0) is 15.2. The second-order valence-electron chi connectivity index (χ2n) is 6.31. The van der Waals surface area contributed by atoms with Crippen LogP contribution in [0, 0.1) is 11.6 Å². The third-order valence-electron chi connectivity index (χ3n) is 3.65. The van der Waals surface area contributed by atoms with Crippen LogP contribution in [-0.2, 0) is 18.4 Å². The van der Waals surface area contributed by atoms with Crippen molar-refractivity contribution in [1.29, 1.82) is 0 Å². The summed E-state index contributed by atoms with van der Waals surface area (Å²) >= 11 is 1.32. The van der Waals surface area contributed by atoms with E-state index in [0.717, 1.165) is 11.0 Å². The van der Waals surface area contributed by atoms with Crippen LogP contribution >= 0.6 is 11.5 Å². The van der Waals surface area contributed by atoms with Gasteiger partial charge in [-0.3, -0.25) is 0 Å². The number of halogens is 2. The van der Waals surface area contributed by atoms with E-state index in [1.807, 2.05) is 4.90 Å². The molecule has 0 radical (unpaired) electrons. The van der Waals surface area contributed by atoms with Crippen molar-refractivity contribution in [2.75, 3.05) is 11.4 Å². The maximum absolute atomic E-state index is 13.9. The SMILES string of the molecule is CC(C)(C)c1nsc(N2CCc3c(F)ccc(F)c3C2)n1. The Morgan fingerprint density at radius 1 is 1.14 bits per heavy atom. The number of benzene rings is 1. The van der Waals surface area contributed by atoms with Crippen LogP contribution in [0.4, 0.5) is 13.9 Å². The van der Waals surface area contributed by atoms with Crippen LogP contribution in [0.25, 0.3) is 0 Å². The Kier molecular flexibility index (Phi) is 3.43. The van der Waals surface area contributed by atoms with Crippen molar-refractivity contribution in [3.8, 4) is 0 Å². The molecule has 3 rings (SSSR count). The van der Waals surface area contributed by atoms with Crippen LogP contribution in [0.5, 0.6) is 0 Å². The van der Waals surface area contributed by atoms with Gasteiger partial charge in [-0.2, -0.15) is 4.37 Å². The summed E-state index contributed by atoms with van der Waals surface area (Å²) < 4.78 is 32.0. The molecule has 1 aliphatic heterocycles. The van der Waals surface area contributed by atoms with Gasteiger partial charge in [0.05, 0.1) is 0 Å². The van der Waals surface area contributed by atoms with Crippen molar-refractivity contribution in [3.63, 3.8) is 0 Å². The number of rotatable bonds is 1. The maximum Gasteiger partial charge on any atom is 0.205 e. The zero-order valence-electron chi connectivity index (χ0n) is 12.3. The maximum atomic E-state index is 13.9. The first-order valence-corrected chi connectivity index (χ1v) is 7.68. The van der Waals surface area contributed by atoms with Crippen molar-refractivity contribution >= 4 is 16.7 Å². The van der Waals surface area contributed by atoms with Crippen molar-refractivity contribution in [1.82, 2.24) is 9.36 Å². The van der Waals surface area contributed by atoms with E-state index in [-0.39, 0.29) is 17.0 Å². The third kappa shape index (κ3) is 2.64. The predicted molar refractivity (Wildman–Crippen MR) is 79.7 cm³/mol. The lowest BCUT2D eigenvalue weighted by Crippen LogP contribution is -2.31. The fraction of sp³-hybridized carbons (Fsp3) is 0.467. The fourth-order valence-corrected chi connectivity index (χ4v) is 3.29. The van der Waals surface area contributed by atoms with Crippen molar-refractivity contribution in [3.05, 3.63) is 40.7 Å². The smallest absolute Gasteiger partial charge is 0.205 e. The fourth-order valence-electron chi connectivity index (χ4n) is 2.41. The van der Waals surface area contributed by atoms with Gasteiger partial charge in [0.25, 0.3) is 0 Å². The Hall–Kier alpha value is -1.56. The van der Waals surface area contributed by atoms with Gasteiger partial charge in [0.1, 0.15) is 17.5 Å². The largest absolute Gasteiger partial charge is 0.342 e. The first-order chi connectivity index (χ1) is 9.86. The molecule has 0 unspecified atom stereocenters. The van der Waals surface area contributed by atoms with Gasteiger partial charge >= 0.3 is 0 Å². The summed E-state index contributed by atoms with van der Waals surface area (Å²) in [6.45, 7) is 7.14. The van der Waals surface area contributed by atoms with E-state index < -0.39 is 0 Å². The van der Waals surface area contributed by atoms with Crippen LogP contribution in [0.2, 0.25) is 0 Å². The Labute approximate surface area is 126 Å². The summed E-state index contributed by atoms with van der Waals surface area (Å²) in [5, 5.41) is 0.772. The molecule has 0 atom stereocenters. The van der Waals surface area contributed by atoms with Crippen molar-refractivity contribution in [2.45, 2.75) is 39.2 Å². The molecule has 21 heavy (non-hydrogen) atoms. The third-order valence-corrected chi connectivity index (χ3v) is 4.43. The molecule has 0 amide bonds. The highest BCUT2D eigenvalue weighted by atomic mass is 32.1. The van der Waals surface area contributed by atoms with Crippen LogP contribution < -0.4 is 4.90 Å². The standard InChI is InChI=1S/C15H17F2N3S/c1-15(2,3)13-18-14(21-19-13)20-7-6-9-10(8-20)12(17)5-4-11(9)16/h4-5H,6-8H2,1-3H3. The highest BCUT2D eigenvalue weighted by Gasteiger charge is 2.26. The summed E-state index contributed by atoms with van der Waals surface area (Å²) in [6, 6.07) is 2.39. The lowest BCUT2D eigenvalue weighted by Gasteiger charge is -2.28. The van der Waals surface area contributed by atoms with Crippen LogP contribution in [0.15, 0.2) is 12.1 Å². The van der Waals surface area contributed by atoms with Gasteiger partial charge in [-0.25, -0.2) is 13.8 Å². The zero-order valence-corrected chi connectivity index (χ0v) is 13.1. The molecule has 1 aromatic carbocycles. The van der Waals surface area contributed by atoms with E-state index in [0.29, 0.717) is 30.6 Å². The highest BCUT2D eigenvalue weighted by molar-refractivity contribution is 7.09. The summed E-state index contributed by atoms with van der Waals surface area (Å²) in [4.78, 5) is 6.52. The molecule has 1 aromatic heterocycles. The normalized spacial score (nSPS) is 15.2. The Bertz CT molecular complexity index is 676. The minimum atomic E-state index is -0.350. The first kappa shape index (κ1) is 14.4. The molecule has 0 N–H and O–H groups in total. The van der Waals surface area contributed by atoms with Gasteiger partial charge in [0.15, 0.2) is 0 Å². The van der Waals surface area contributed by atoms with E-state index in [1.54, 1.807) is 0 Å². The number of aromatic nitrogens is 2. The molecule has 6 heteroatoms. The minimum Gasteiger partial charge on any atom is -0.342 e. The Morgan fingerprint density at radius 3 is 2.43 bits per heavy atom. The molecule has 112 valence electrons. The number of nitrogens with zero attached hydrogens (tertiary/aromatic N) is 3. The van der Waals surface area contributed by atoms with Crippen molar-refractivity contribution < 1.29 is 8.78 Å². The summed E-state index contributed by atoms with van der Waals surface area (Å²) in [6.07, 6.45) is 0.489. The minimum absolute atomic E-state index is 0.111. The average Bonchev–Trinajstić information content (AvgIpc) is 2.92. The lowest BCUT2D eigenvalue weighted by molar-refractivity contribution is 0.544. The van der Waals surface area contributed by atoms with Crippen molar-refractivity contribution in [2.24, 2.45) is 0 Å². The lowest BCUT2D eigenvalue weighted by atomic mass is 9.96. The van der Waals surface area contributed by atoms with Crippen LogP contribution in [0.3, 0.4) is 0 Å². The molecule has 3 nitrogen and oxygen atoms in total. The molecule has 0 fully saturated rings. The summed E-state index contributed by atoms with van der Waals surface area (Å²) in [7, 11) is 0. The monoisotopic (exact) mass is 309 g/mol. The predicted octanol–water partition coefficient (Wildman–Crippen LogP) is 3.68. The summed E-state index contributed by atoms with van der Waals surface area (Å²) in [5.41, 5.74) is 0.820.